The highest BCUT2D eigenvalue weighted by molar-refractivity contribution is 5.06. The lowest BCUT2D eigenvalue weighted by Gasteiger charge is -2.35. The molecule has 0 atom stereocenters. The second-order valence-corrected chi connectivity index (χ2v) is 6.67. The van der Waals surface area contributed by atoms with E-state index in [4.69, 9.17) is 0 Å². The maximum atomic E-state index is 2.53. The van der Waals surface area contributed by atoms with Crippen molar-refractivity contribution in [2.45, 2.75) is 59.3 Å². The van der Waals surface area contributed by atoms with Gasteiger partial charge in [0.2, 0.25) is 0 Å². The number of hydrogen-bond donors (Lipinski definition) is 0. The fourth-order valence-electron chi connectivity index (χ4n) is 3.11. The number of hydrogen-bond acceptors (Lipinski definition) is 1. The molecule has 0 radical (unpaired) electrons. The topological polar surface area (TPSA) is 3.24 Å². The zero-order valence-electron chi connectivity index (χ0n) is 11.3. The molecule has 0 N–H and O–H groups in total. The first-order chi connectivity index (χ1) is 7.55. The van der Waals surface area contributed by atoms with Crippen LogP contribution in [0.3, 0.4) is 0 Å². The Hall–Kier alpha value is -0.460. The maximum absolute atomic E-state index is 2.53. The summed E-state index contributed by atoms with van der Waals surface area (Å²) >= 11 is 0. The first-order valence-corrected chi connectivity index (χ1v) is 6.99. The third-order valence-electron chi connectivity index (χ3n) is 4.36. The molecule has 1 saturated carbocycles. The normalized spacial score (nSPS) is 27.3. The summed E-state index contributed by atoms with van der Waals surface area (Å²) in [5, 5.41) is 0. The van der Waals surface area contributed by atoms with Gasteiger partial charge in [-0.1, -0.05) is 26.3 Å². The van der Waals surface area contributed by atoms with E-state index in [-0.39, 0.29) is 0 Å². The summed E-state index contributed by atoms with van der Waals surface area (Å²) in [5.74, 6) is 0.934. The van der Waals surface area contributed by atoms with Crippen molar-refractivity contribution in [2.24, 2.45) is 11.3 Å². The molecule has 2 rings (SSSR count). The maximum Gasteiger partial charge on any atom is 0.0173 e. The molecule has 1 aliphatic carbocycles. The van der Waals surface area contributed by atoms with Crippen LogP contribution in [0.25, 0.3) is 0 Å². The first-order valence-electron chi connectivity index (χ1n) is 6.99. The monoisotopic (exact) mass is 221 g/mol. The quantitative estimate of drug-likeness (QED) is 0.641. The van der Waals surface area contributed by atoms with Crippen molar-refractivity contribution < 1.29 is 0 Å². The van der Waals surface area contributed by atoms with Crippen LogP contribution in [0.15, 0.2) is 11.8 Å². The molecule has 2 aliphatic rings. The molecular weight excluding hydrogens is 194 g/mol. The van der Waals surface area contributed by atoms with Gasteiger partial charge in [0.1, 0.15) is 0 Å². The molecule has 1 saturated heterocycles. The minimum atomic E-state index is 0.513. The summed E-state index contributed by atoms with van der Waals surface area (Å²) in [6.07, 6.45) is 10.8. The van der Waals surface area contributed by atoms with Gasteiger partial charge in [0.25, 0.3) is 0 Å². The molecule has 1 heteroatoms. The van der Waals surface area contributed by atoms with Crippen molar-refractivity contribution in [1.82, 2.24) is 4.90 Å². The molecule has 0 aromatic carbocycles. The van der Waals surface area contributed by atoms with E-state index in [0.717, 1.165) is 5.92 Å². The van der Waals surface area contributed by atoms with Crippen LogP contribution >= 0.6 is 0 Å². The van der Waals surface area contributed by atoms with Crippen molar-refractivity contribution in [3.63, 3.8) is 0 Å². The summed E-state index contributed by atoms with van der Waals surface area (Å²) in [5.41, 5.74) is 2.22. The van der Waals surface area contributed by atoms with Crippen molar-refractivity contribution >= 4 is 0 Å². The minimum Gasteiger partial charge on any atom is -0.377 e. The van der Waals surface area contributed by atoms with Gasteiger partial charge in [0.15, 0.2) is 0 Å². The third-order valence-corrected chi connectivity index (χ3v) is 4.36. The summed E-state index contributed by atoms with van der Waals surface area (Å²) in [6.45, 7) is 9.78. The Kier molecular flexibility index (Phi) is 3.61. The highest BCUT2D eigenvalue weighted by Crippen LogP contribution is 2.39. The standard InChI is InChI=1S/C15H27N/c1-15(2,3)14-8-6-13(7-9-14)12-16-10-4-5-11-16/h12,14H,4-11H2,1-3H3. The van der Waals surface area contributed by atoms with E-state index in [1.807, 2.05) is 0 Å². The Labute approximate surface area is 101 Å². The second-order valence-electron chi connectivity index (χ2n) is 6.67. The average Bonchev–Trinajstić information content (AvgIpc) is 2.70. The van der Waals surface area contributed by atoms with Crippen LogP contribution in [0.4, 0.5) is 0 Å². The van der Waals surface area contributed by atoms with Crippen LogP contribution in [0.2, 0.25) is 0 Å². The number of allylic oxidation sites excluding steroid dienone is 1. The van der Waals surface area contributed by atoms with Gasteiger partial charge in [-0.25, -0.2) is 0 Å². The Balaban J connectivity index is 1.85. The van der Waals surface area contributed by atoms with Gasteiger partial charge >= 0.3 is 0 Å². The molecule has 0 aromatic heterocycles. The van der Waals surface area contributed by atoms with Crippen LogP contribution in [0.5, 0.6) is 0 Å². The van der Waals surface area contributed by atoms with Crippen molar-refractivity contribution in [3.05, 3.63) is 11.8 Å². The largest absolute Gasteiger partial charge is 0.377 e. The second kappa shape index (κ2) is 4.81. The van der Waals surface area contributed by atoms with E-state index >= 15 is 0 Å². The third kappa shape index (κ3) is 3.02. The van der Waals surface area contributed by atoms with E-state index in [1.165, 1.54) is 51.6 Å². The van der Waals surface area contributed by atoms with Gasteiger partial charge < -0.3 is 4.90 Å². The number of nitrogens with zero attached hydrogens (tertiary/aromatic N) is 1. The number of rotatable bonds is 1. The Morgan fingerprint density at radius 3 is 2.12 bits per heavy atom. The SMILES string of the molecule is CC(C)(C)C1CCC(=CN2CCCC2)CC1. The van der Waals surface area contributed by atoms with Crippen LogP contribution in [0.1, 0.15) is 59.3 Å². The summed E-state index contributed by atoms with van der Waals surface area (Å²) in [7, 11) is 0. The fraction of sp³-hybridized carbons (Fsp3) is 0.867. The lowest BCUT2D eigenvalue weighted by atomic mass is 9.71. The molecule has 0 aromatic rings. The van der Waals surface area contributed by atoms with Gasteiger partial charge in [-0.15, -0.1) is 0 Å². The Morgan fingerprint density at radius 1 is 1.06 bits per heavy atom. The van der Waals surface area contributed by atoms with Crippen molar-refractivity contribution in [1.29, 1.82) is 0 Å². The fourth-order valence-corrected chi connectivity index (χ4v) is 3.11. The Bertz CT molecular complexity index is 243. The van der Waals surface area contributed by atoms with Gasteiger partial charge in [-0.2, -0.15) is 0 Å². The summed E-state index contributed by atoms with van der Waals surface area (Å²) < 4.78 is 0. The van der Waals surface area contributed by atoms with Crippen LogP contribution in [-0.4, -0.2) is 18.0 Å². The van der Waals surface area contributed by atoms with E-state index in [9.17, 15) is 0 Å². The van der Waals surface area contributed by atoms with Crippen LogP contribution in [-0.2, 0) is 0 Å². The molecule has 0 spiro atoms. The van der Waals surface area contributed by atoms with Gasteiger partial charge in [0, 0.05) is 13.1 Å². The van der Waals surface area contributed by atoms with Crippen LogP contribution < -0.4 is 0 Å². The van der Waals surface area contributed by atoms with Gasteiger partial charge in [-0.3, -0.25) is 0 Å². The molecule has 92 valence electrons. The lowest BCUT2D eigenvalue weighted by Crippen LogP contribution is -2.24. The van der Waals surface area contributed by atoms with E-state index in [2.05, 4.69) is 31.9 Å². The van der Waals surface area contributed by atoms with E-state index in [1.54, 1.807) is 5.57 Å². The predicted molar refractivity (Wildman–Crippen MR) is 70.3 cm³/mol. The van der Waals surface area contributed by atoms with Gasteiger partial charge in [-0.05, 0) is 56.1 Å². The van der Waals surface area contributed by atoms with E-state index < -0.39 is 0 Å². The van der Waals surface area contributed by atoms with E-state index in [0.29, 0.717) is 5.41 Å². The van der Waals surface area contributed by atoms with Crippen molar-refractivity contribution in [3.8, 4) is 0 Å². The molecule has 0 unspecified atom stereocenters. The molecule has 0 bridgehead atoms. The zero-order chi connectivity index (χ0) is 11.6. The van der Waals surface area contributed by atoms with Gasteiger partial charge in [0.05, 0.1) is 0 Å². The van der Waals surface area contributed by atoms with Crippen LogP contribution in [0, 0.1) is 11.3 Å². The molecule has 2 fully saturated rings. The highest BCUT2D eigenvalue weighted by Gasteiger charge is 2.27. The molecular formula is C15H27N. The summed E-state index contributed by atoms with van der Waals surface area (Å²) in [4.78, 5) is 2.53. The smallest absolute Gasteiger partial charge is 0.0173 e. The minimum absolute atomic E-state index is 0.513. The zero-order valence-corrected chi connectivity index (χ0v) is 11.3. The van der Waals surface area contributed by atoms with Crippen molar-refractivity contribution in [2.75, 3.05) is 13.1 Å². The lowest BCUT2D eigenvalue weighted by molar-refractivity contribution is 0.196. The average molecular weight is 221 g/mol. The number of likely N-dealkylation sites (tertiary alicyclic amines) is 1. The molecule has 1 aliphatic heterocycles. The molecule has 1 heterocycles. The first kappa shape index (κ1) is 12.0. The summed E-state index contributed by atoms with van der Waals surface area (Å²) in [6, 6.07) is 0. The predicted octanol–water partition coefficient (Wildman–Crippen LogP) is 4.20. The molecule has 0 amide bonds. The molecule has 1 nitrogen and oxygen atoms in total. The molecule has 16 heavy (non-hydrogen) atoms. The Morgan fingerprint density at radius 2 is 1.62 bits per heavy atom. The highest BCUT2D eigenvalue weighted by atomic mass is 15.1.